The molecule has 0 spiro atoms. The highest BCUT2D eigenvalue weighted by molar-refractivity contribution is 5.93. The molecule has 1 saturated heterocycles. The number of hydrogen-bond donors (Lipinski definition) is 3. The van der Waals surface area contributed by atoms with Gasteiger partial charge in [0.2, 0.25) is 0 Å². The number of carbonyl (C=O) groups excluding carboxylic acids is 1. The molecule has 7 heteroatoms. The first-order chi connectivity index (χ1) is 6.49. The Bertz CT molecular complexity index is 250. The summed E-state index contributed by atoms with van der Waals surface area (Å²) < 4.78 is 9.18. The predicted octanol–water partition coefficient (Wildman–Crippen LogP) is -2.27. The Balaban J connectivity index is 2.84. The van der Waals surface area contributed by atoms with Crippen LogP contribution in [0.1, 0.15) is 0 Å². The van der Waals surface area contributed by atoms with Crippen molar-refractivity contribution < 1.29 is 34.4 Å². The lowest BCUT2D eigenvalue weighted by atomic mass is 10.0. The molecule has 0 bridgehead atoms. The van der Waals surface area contributed by atoms with Crippen molar-refractivity contribution >= 4 is 11.8 Å². The van der Waals surface area contributed by atoms with Crippen LogP contribution in [-0.2, 0) is 19.1 Å². The van der Waals surface area contributed by atoms with Crippen molar-refractivity contribution in [2.45, 2.75) is 24.6 Å². The Morgan fingerprint density at radius 3 is 2.43 bits per heavy atom. The number of hydrogen-bond acceptors (Lipinski definition) is 6. The molecule has 3 N–H and O–H groups in total. The number of ether oxygens (including phenoxy) is 2. The van der Waals surface area contributed by atoms with Gasteiger partial charge in [0.05, 0.1) is 0 Å². The van der Waals surface area contributed by atoms with Crippen molar-refractivity contribution in [3.8, 4) is 0 Å². The Hall–Kier alpha value is -1.02. The van der Waals surface area contributed by atoms with Crippen molar-refractivity contribution in [2.24, 2.45) is 0 Å². The molecule has 1 heterocycles. The second-order valence-electron chi connectivity index (χ2n) is 2.79. The first-order valence-corrected chi connectivity index (χ1v) is 3.80. The number of aliphatic hydroxyl groups is 2. The van der Waals surface area contributed by atoms with Crippen LogP contribution >= 0.6 is 0 Å². The van der Waals surface area contributed by atoms with Crippen LogP contribution in [0, 0.1) is 0 Å². The van der Waals surface area contributed by atoms with Gasteiger partial charge >= 0.3 is 5.97 Å². The van der Waals surface area contributed by atoms with E-state index in [1.54, 1.807) is 0 Å². The second-order valence-corrected chi connectivity index (χ2v) is 2.79. The fourth-order valence-electron chi connectivity index (χ4n) is 1.13. The maximum atomic E-state index is 11.1. The number of Topliss-reactive ketones (excluding diaryl/α,β-unsaturated/α-hetero) is 1. The van der Waals surface area contributed by atoms with Gasteiger partial charge in [0.15, 0.2) is 30.4 Å². The molecule has 0 aliphatic carbocycles. The number of aliphatic carboxylic acids is 1. The van der Waals surface area contributed by atoms with Crippen molar-refractivity contribution in [3.63, 3.8) is 0 Å². The van der Waals surface area contributed by atoms with E-state index in [1.165, 1.54) is 0 Å². The van der Waals surface area contributed by atoms with E-state index < -0.39 is 36.4 Å². The number of ketones is 1. The van der Waals surface area contributed by atoms with Gasteiger partial charge in [0.1, 0.15) is 0 Å². The molecule has 14 heavy (non-hydrogen) atoms. The largest absolute Gasteiger partial charge is 0.479 e. The number of carbonyl (C=O) groups is 2. The zero-order valence-corrected chi connectivity index (χ0v) is 7.28. The zero-order valence-electron chi connectivity index (χ0n) is 7.28. The van der Waals surface area contributed by atoms with Crippen molar-refractivity contribution in [1.82, 2.24) is 0 Å². The number of rotatable bonds is 2. The molecule has 0 amide bonds. The van der Waals surface area contributed by atoms with E-state index in [0.29, 0.717) is 0 Å². The third-order valence-corrected chi connectivity index (χ3v) is 1.88. The van der Waals surface area contributed by atoms with Crippen LogP contribution in [0.15, 0.2) is 0 Å². The molecule has 0 aromatic rings. The van der Waals surface area contributed by atoms with Crippen LogP contribution in [0.3, 0.4) is 0 Å². The Morgan fingerprint density at radius 2 is 2.00 bits per heavy atom. The quantitative estimate of drug-likeness (QED) is 0.467. The zero-order chi connectivity index (χ0) is 10.9. The fourth-order valence-corrected chi connectivity index (χ4v) is 1.13. The van der Waals surface area contributed by atoms with Crippen LogP contribution in [0.2, 0.25) is 0 Å². The average Bonchev–Trinajstić information content (AvgIpc) is 2.14. The molecule has 7 nitrogen and oxygen atoms in total. The molecular formula is C7H10O7. The SMILES string of the molecule is CO[C@H]1O[C@H](C(=O)O)[C@@H](O)C(=O)[C@H]1O. The van der Waals surface area contributed by atoms with Gasteiger partial charge < -0.3 is 24.8 Å². The van der Waals surface area contributed by atoms with Crippen molar-refractivity contribution in [3.05, 3.63) is 0 Å². The number of aliphatic hydroxyl groups excluding tert-OH is 2. The lowest BCUT2D eigenvalue weighted by molar-refractivity contribution is -0.244. The summed E-state index contributed by atoms with van der Waals surface area (Å²) in [6, 6.07) is 0. The maximum absolute atomic E-state index is 11.1. The molecule has 1 aliphatic rings. The standard InChI is InChI=1S/C7H10O7/c1-13-7-4(10)2(8)3(9)5(14-7)6(11)12/h3-5,7,9-10H,1H3,(H,11,12)/t3-,4+,5-,7-/m0/s1. The highest BCUT2D eigenvalue weighted by atomic mass is 16.7. The van der Waals surface area contributed by atoms with Crippen LogP contribution < -0.4 is 0 Å². The maximum Gasteiger partial charge on any atom is 0.336 e. The van der Waals surface area contributed by atoms with E-state index in [2.05, 4.69) is 9.47 Å². The lowest BCUT2D eigenvalue weighted by Crippen LogP contribution is -2.57. The van der Waals surface area contributed by atoms with E-state index in [9.17, 15) is 9.59 Å². The van der Waals surface area contributed by atoms with E-state index in [4.69, 9.17) is 15.3 Å². The molecule has 0 unspecified atom stereocenters. The Morgan fingerprint density at radius 1 is 1.43 bits per heavy atom. The smallest absolute Gasteiger partial charge is 0.336 e. The first-order valence-electron chi connectivity index (χ1n) is 3.80. The van der Waals surface area contributed by atoms with Gasteiger partial charge in [-0.25, -0.2) is 4.79 Å². The van der Waals surface area contributed by atoms with Gasteiger partial charge in [-0.15, -0.1) is 0 Å². The van der Waals surface area contributed by atoms with Crippen LogP contribution in [0.4, 0.5) is 0 Å². The van der Waals surface area contributed by atoms with E-state index in [1.807, 2.05) is 0 Å². The average molecular weight is 206 g/mol. The fraction of sp³-hybridized carbons (Fsp3) is 0.714. The highest BCUT2D eigenvalue weighted by Crippen LogP contribution is 2.18. The molecule has 1 rings (SSSR count). The van der Waals surface area contributed by atoms with Gasteiger partial charge in [-0.3, -0.25) is 4.79 Å². The summed E-state index contributed by atoms with van der Waals surface area (Å²) in [6.07, 6.45) is -6.58. The number of methoxy groups -OCH3 is 1. The second kappa shape index (κ2) is 4.01. The first kappa shape index (κ1) is 11.1. The number of carboxylic acids is 1. The van der Waals surface area contributed by atoms with Crippen molar-refractivity contribution in [2.75, 3.05) is 7.11 Å². The normalized spacial score (nSPS) is 38.4. The van der Waals surface area contributed by atoms with Gasteiger partial charge in [-0.2, -0.15) is 0 Å². The van der Waals surface area contributed by atoms with Gasteiger partial charge in [0.25, 0.3) is 0 Å². The van der Waals surface area contributed by atoms with Crippen LogP contribution in [0.25, 0.3) is 0 Å². The minimum Gasteiger partial charge on any atom is -0.479 e. The molecular weight excluding hydrogens is 196 g/mol. The molecule has 1 aliphatic heterocycles. The lowest BCUT2D eigenvalue weighted by Gasteiger charge is -2.32. The van der Waals surface area contributed by atoms with Gasteiger partial charge in [0, 0.05) is 7.11 Å². The highest BCUT2D eigenvalue weighted by Gasteiger charge is 2.46. The Labute approximate surface area is 78.9 Å². The summed E-state index contributed by atoms with van der Waals surface area (Å²) in [5, 5.41) is 26.8. The van der Waals surface area contributed by atoms with Crippen LogP contribution in [-0.4, -0.2) is 58.8 Å². The monoisotopic (exact) mass is 206 g/mol. The topological polar surface area (TPSA) is 113 Å². The van der Waals surface area contributed by atoms with Gasteiger partial charge in [-0.1, -0.05) is 0 Å². The molecule has 1 fully saturated rings. The van der Waals surface area contributed by atoms with Crippen LogP contribution in [0.5, 0.6) is 0 Å². The summed E-state index contributed by atoms with van der Waals surface area (Å²) in [6.45, 7) is 0. The minimum absolute atomic E-state index is 1.02. The molecule has 4 atom stereocenters. The third kappa shape index (κ3) is 1.75. The van der Waals surface area contributed by atoms with Crippen molar-refractivity contribution in [1.29, 1.82) is 0 Å². The van der Waals surface area contributed by atoms with E-state index in [0.717, 1.165) is 7.11 Å². The number of carboxylic acid groups (broad SMARTS) is 1. The molecule has 0 aromatic carbocycles. The Kier molecular flexibility index (Phi) is 3.17. The van der Waals surface area contributed by atoms with Gasteiger partial charge in [-0.05, 0) is 0 Å². The summed E-state index contributed by atoms with van der Waals surface area (Å²) in [4.78, 5) is 21.6. The molecule has 0 aromatic heterocycles. The summed E-state index contributed by atoms with van der Waals surface area (Å²) in [5.41, 5.74) is 0. The third-order valence-electron chi connectivity index (χ3n) is 1.88. The summed E-state index contributed by atoms with van der Waals surface area (Å²) in [7, 11) is 1.15. The summed E-state index contributed by atoms with van der Waals surface area (Å²) in [5.74, 6) is -2.50. The molecule has 0 radical (unpaired) electrons. The summed E-state index contributed by atoms with van der Waals surface area (Å²) >= 11 is 0. The molecule has 80 valence electrons. The van der Waals surface area contributed by atoms with E-state index in [-0.39, 0.29) is 0 Å². The predicted molar refractivity (Wildman–Crippen MR) is 40.3 cm³/mol. The van der Waals surface area contributed by atoms with E-state index >= 15 is 0 Å². The minimum atomic E-state index is -1.87. The molecule has 0 saturated carbocycles.